The minimum Gasteiger partial charge on any atom is -0.489 e. The van der Waals surface area contributed by atoms with Gasteiger partial charge in [0, 0.05) is 0 Å². The van der Waals surface area contributed by atoms with E-state index in [9.17, 15) is 9.59 Å². The van der Waals surface area contributed by atoms with E-state index in [2.05, 4.69) is 12.5 Å². The van der Waals surface area contributed by atoms with Gasteiger partial charge in [-0.3, -0.25) is 9.59 Å². The molecule has 0 heterocycles. The Bertz CT molecular complexity index is 545. The van der Waals surface area contributed by atoms with Gasteiger partial charge in [-0.05, 0) is 12.1 Å². The van der Waals surface area contributed by atoms with Crippen LogP contribution >= 0.6 is 0 Å². The van der Waals surface area contributed by atoms with Gasteiger partial charge >= 0.3 is 5.97 Å². The first-order valence-corrected chi connectivity index (χ1v) is 5.87. The molecule has 0 aliphatic carbocycles. The Labute approximate surface area is 117 Å². The Morgan fingerprint density at radius 1 is 1.45 bits per heavy atom. The smallest absolute Gasteiger partial charge is 0.323 e. The molecular weight excluding hydrogens is 258 g/mol. The van der Waals surface area contributed by atoms with E-state index in [4.69, 9.17) is 16.3 Å². The maximum Gasteiger partial charge on any atom is 0.323 e. The molecule has 104 valence electrons. The summed E-state index contributed by atoms with van der Waals surface area (Å²) in [6, 6.07) is 6.58. The maximum atomic E-state index is 12.3. The van der Waals surface area contributed by atoms with Crippen molar-refractivity contribution in [1.82, 2.24) is 4.90 Å². The summed E-state index contributed by atoms with van der Waals surface area (Å²) < 4.78 is 5.38. The van der Waals surface area contributed by atoms with Crippen molar-refractivity contribution in [2.75, 3.05) is 19.7 Å². The third-order valence-corrected chi connectivity index (χ3v) is 2.37. The highest BCUT2D eigenvalue weighted by molar-refractivity contribution is 5.98. The predicted molar refractivity (Wildman–Crippen MR) is 74.5 cm³/mol. The molecule has 1 aromatic rings. The van der Waals surface area contributed by atoms with Gasteiger partial charge in [0.2, 0.25) is 0 Å². The van der Waals surface area contributed by atoms with E-state index in [0.29, 0.717) is 5.75 Å². The molecular formula is C15H15NO4. The molecule has 5 nitrogen and oxygen atoms in total. The van der Waals surface area contributed by atoms with E-state index in [1.165, 1.54) is 0 Å². The van der Waals surface area contributed by atoms with E-state index in [0.717, 1.165) is 4.90 Å². The number of carboxylic acids is 1. The highest BCUT2D eigenvalue weighted by Crippen LogP contribution is 2.19. The Hall–Kier alpha value is -2.74. The second-order valence-corrected chi connectivity index (χ2v) is 3.85. The monoisotopic (exact) mass is 273 g/mol. The van der Waals surface area contributed by atoms with Crippen LogP contribution in [-0.4, -0.2) is 41.6 Å². The van der Waals surface area contributed by atoms with E-state index in [1.54, 1.807) is 30.3 Å². The summed E-state index contributed by atoms with van der Waals surface area (Å²) in [5.74, 6) is 1.03. The lowest BCUT2D eigenvalue weighted by molar-refractivity contribution is -0.137. The Balaban J connectivity index is 3.01. The zero-order valence-electron chi connectivity index (χ0n) is 10.9. The molecule has 0 atom stereocenters. The standard InChI is InChI=1S/C15H15NO4/c1-3-9-16(11-14(17)18)15(19)12-7-5-6-8-13(12)20-10-4-2/h1,4-8H,2,9-11H2,(H,17,18). The van der Waals surface area contributed by atoms with Crippen molar-refractivity contribution in [1.29, 1.82) is 0 Å². The molecule has 0 saturated carbocycles. The highest BCUT2D eigenvalue weighted by Gasteiger charge is 2.20. The van der Waals surface area contributed by atoms with Crippen molar-refractivity contribution in [2.24, 2.45) is 0 Å². The van der Waals surface area contributed by atoms with Crippen LogP contribution in [0.15, 0.2) is 36.9 Å². The number of rotatable bonds is 7. The molecule has 0 saturated heterocycles. The van der Waals surface area contributed by atoms with Crippen molar-refractivity contribution >= 4 is 11.9 Å². The number of para-hydroxylation sites is 1. The molecule has 0 aromatic heterocycles. The highest BCUT2D eigenvalue weighted by atomic mass is 16.5. The second kappa shape index (κ2) is 7.64. The lowest BCUT2D eigenvalue weighted by atomic mass is 10.1. The Morgan fingerprint density at radius 3 is 2.75 bits per heavy atom. The van der Waals surface area contributed by atoms with E-state index >= 15 is 0 Å². The van der Waals surface area contributed by atoms with Crippen molar-refractivity contribution in [2.45, 2.75) is 0 Å². The van der Waals surface area contributed by atoms with E-state index in [1.807, 2.05) is 0 Å². The summed E-state index contributed by atoms with van der Waals surface area (Å²) in [5.41, 5.74) is 0.269. The molecule has 1 aromatic carbocycles. The average Bonchev–Trinajstić information content (AvgIpc) is 2.44. The van der Waals surface area contributed by atoms with Crippen LogP contribution < -0.4 is 4.74 Å². The number of hydrogen-bond acceptors (Lipinski definition) is 3. The summed E-state index contributed by atoms with van der Waals surface area (Å²) in [6.45, 7) is 3.24. The first-order valence-electron chi connectivity index (χ1n) is 5.87. The quantitative estimate of drug-likeness (QED) is 0.602. The van der Waals surface area contributed by atoms with Crippen LogP contribution in [0.25, 0.3) is 0 Å². The number of amides is 1. The summed E-state index contributed by atoms with van der Waals surface area (Å²) in [7, 11) is 0. The molecule has 0 radical (unpaired) electrons. The first-order chi connectivity index (χ1) is 9.60. The van der Waals surface area contributed by atoms with Crippen molar-refractivity contribution in [3.63, 3.8) is 0 Å². The molecule has 0 aliphatic rings. The van der Waals surface area contributed by atoms with Gasteiger partial charge < -0.3 is 14.7 Å². The molecule has 1 rings (SSSR count). The second-order valence-electron chi connectivity index (χ2n) is 3.85. The van der Waals surface area contributed by atoms with Gasteiger partial charge in [-0.2, -0.15) is 0 Å². The van der Waals surface area contributed by atoms with Crippen molar-refractivity contribution < 1.29 is 19.4 Å². The number of aliphatic carboxylic acids is 1. The fourth-order valence-corrected chi connectivity index (χ4v) is 1.56. The molecule has 20 heavy (non-hydrogen) atoms. The van der Waals surface area contributed by atoms with E-state index < -0.39 is 18.4 Å². The molecule has 0 fully saturated rings. The minimum absolute atomic E-state index is 0.0824. The average molecular weight is 273 g/mol. The van der Waals surface area contributed by atoms with Gasteiger partial charge in [0.05, 0.1) is 12.1 Å². The van der Waals surface area contributed by atoms with Crippen LogP contribution in [0, 0.1) is 12.3 Å². The molecule has 0 unspecified atom stereocenters. The van der Waals surface area contributed by atoms with E-state index in [-0.39, 0.29) is 18.7 Å². The topological polar surface area (TPSA) is 66.8 Å². The first kappa shape index (κ1) is 15.3. The number of carboxylic acid groups (broad SMARTS) is 1. The van der Waals surface area contributed by atoms with Gasteiger partial charge in [-0.1, -0.05) is 30.7 Å². The number of hydrogen-bond donors (Lipinski definition) is 1. The normalized spacial score (nSPS) is 9.35. The third kappa shape index (κ3) is 4.18. The molecule has 0 aliphatic heterocycles. The Morgan fingerprint density at radius 2 is 2.15 bits per heavy atom. The van der Waals surface area contributed by atoms with Crippen molar-refractivity contribution in [3.8, 4) is 18.1 Å². The fourth-order valence-electron chi connectivity index (χ4n) is 1.56. The number of ether oxygens (including phenoxy) is 1. The summed E-state index contributed by atoms with van der Waals surface area (Å²) in [4.78, 5) is 24.2. The maximum absolute atomic E-state index is 12.3. The molecule has 0 bridgehead atoms. The van der Waals surface area contributed by atoms with Gasteiger partial charge in [0.25, 0.3) is 5.91 Å². The summed E-state index contributed by atoms with van der Waals surface area (Å²) in [6.07, 6.45) is 6.71. The van der Waals surface area contributed by atoms with Crippen LogP contribution in [-0.2, 0) is 4.79 Å². The van der Waals surface area contributed by atoms with Gasteiger partial charge in [0.1, 0.15) is 18.9 Å². The molecule has 0 spiro atoms. The molecule has 1 amide bonds. The number of carbonyl (C=O) groups excluding carboxylic acids is 1. The zero-order chi connectivity index (χ0) is 15.0. The van der Waals surface area contributed by atoms with Crippen molar-refractivity contribution in [3.05, 3.63) is 42.5 Å². The fraction of sp³-hybridized carbons (Fsp3) is 0.200. The molecule has 5 heteroatoms. The largest absolute Gasteiger partial charge is 0.489 e. The lowest BCUT2D eigenvalue weighted by Crippen LogP contribution is -2.36. The third-order valence-electron chi connectivity index (χ3n) is 2.37. The number of terminal acetylenes is 1. The van der Waals surface area contributed by atoms with Crippen LogP contribution in [0.4, 0.5) is 0 Å². The Kier molecular flexibility index (Phi) is 5.85. The van der Waals surface area contributed by atoms with Crippen LogP contribution in [0.1, 0.15) is 10.4 Å². The summed E-state index contributed by atoms with van der Waals surface area (Å²) >= 11 is 0. The predicted octanol–water partition coefficient (Wildman–Crippen LogP) is 1.41. The van der Waals surface area contributed by atoms with Crippen LogP contribution in [0.3, 0.4) is 0 Å². The number of benzene rings is 1. The van der Waals surface area contributed by atoms with Gasteiger partial charge in [-0.15, -0.1) is 6.42 Å². The molecule has 1 N–H and O–H groups in total. The number of carbonyl (C=O) groups is 2. The lowest BCUT2D eigenvalue weighted by Gasteiger charge is -2.19. The minimum atomic E-state index is -1.13. The summed E-state index contributed by atoms with van der Waals surface area (Å²) in [5, 5.41) is 8.81. The van der Waals surface area contributed by atoms with Gasteiger partial charge in [-0.25, -0.2) is 0 Å². The van der Waals surface area contributed by atoms with Crippen LogP contribution in [0.2, 0.25) is 0 Å². The van der Waals surface area contributed by atoms with Gasteiger partial charge in [0.15, 0.2) is 0 Å². The number of nitrogens with zero attached hydrogens (tertiary/aromatic N) is 1. The SMILES string of the molecule is C#CCN(CC(=O)O)C(=O)c1ccccc1OCC=C. The zero-order valence-corrected chi connectivity index (χ0v) is 10.9. The van der Waals surface area contributed by atoms with Crippen LogP contribution in [0.5, 0.6) is 5.75 Å².